The first-order valence-corrected chi connectivity index (χ1v) is 7.60. The summed E-state index contributed by atoms with van der Waals surface area (Å²) in [5, 5.41) is 11.4. The molecule has 0 unspecified atom stereocenters. The Morgan fingerprint density at radius 2 is 1.96 bits per heavy atom. The Labute approximate surface area is 159 Å². The number of benzene rings is 1. The smallest absolute Gasteiger partial charge is 0.194 e. The lowest BCUT2D eigenvalue weighted by Gasteiger charge is -2.22. The molecule has 0 bridgehead atoms. The number of rotatable bonds is 5. The second kappa shape index (κ2) is 9.55. The third kappa shape index (κ3) is 5.43. The molecule has 1 aromatic carbocycles. The van der Waals surface area contributed by atoms with Gasteiger partial charge in [0, 0.05) is 27.2 Å². The van der Waals surface area contributed by atoms with Gasteiger partial charge < -0.3 is 14.8 Å². The van der Waals surface area contributed by atoms with E-state index in [-0.39, 0.29) is 29.8 Å². The number of halogens is 2. The molecule has 0 aliphatic rings. The number of nitrogens with zero attached hydrogens (tertiary/aromatic N) is 5. The van der Waals surface area contributed by atoms with E-state index in [1.807, 2.05) is 37.4 Å². The van der Waals surface area contributed by atoms with Crippen LogP contribution in [0, 0.1) is 12.7 Å². The number of hydrogen-bond donors (Lipinski definition) is 1. The van der Waals surface area contributed by atoms with Crippen LogP contribution in [0.15, 0.2) is 29.3 Å². The van der Waals surface area contributed by atoms with Gasteiger partial charge in [-0.25, -0.2) is 9.38 Å². The molecular formula is C16H24FIN6. The van der Waals surface area contributed by atoms with Crippen LogP contribution in [0.25, 0.3) is 0 Å². The molecule has 1 N–H and O–H groups in total. The van der Waals surface area contributed by atoms with Gasteiger partial charge in [-0.3, -0.25) is 0 Å². The van der Waals surface area contributed by atoms with Gasteiger partial charge in [-0.1, -0.05) is 12.1 Å². The first-order chi connectivity index (χ1) is 11.0. The summed E-state index contributed by atoms with van der Waals surface area (Å²) in [4.78, 5) is 6.61. The Kier molecular flexibility index (Phi) is 8.09. The molecule has 132 valence electrons. The molecule has 1 aromatic heterocycles. The number of aliphatic imine (C=N–C) groups is 1. The summed E-state index contributed by atoms with van der Waals surface area (Å²) in [5.41, 5.74) is 1.02. The summed E-state index contributed by atoms with van der Waals surface area (Å²) in [6.07, 6.45) is 0. The zero-order chi connectivity index (χ0) is 16.8. The van der Waals surface area contributed by atoms with Crippen molar-refractivity contribution in [1.82, 2.24) is 25.0 Å². The van der Waals surface area contributed by atoms with E-state index in [4.69, 9.17) is 0 Å². The van der Waals surface area contributed by atoms with E-state index in [9.17, 15) is 4.39 Å². The van der Waals surface area contributed by atoms with Crippen molar-refractivity contribution < 1.29 is 4.39 Å². The average Bonchev–Trinajstić information content (AvgIpc) is 2.85. The lowest BCUT2D eigenvalue weighted by Crippen LogP contribution is -2.38. The SMILES string of the molecule is CCNC(=NCc1nnc(C)n1C)N(C)Cc1ccc(F)cc1.I. The van der Waals surface area contributed by atoms with Crippen molar-refractivity contribution in [3.8, 4) is 0 Å². The van der Waals surface area contributed by atoms with E-state index >= 15 is 0 Å². The molecule has 0 amide bonds. The summed E-state index contributed by atoms with van der Waals surface area (Å²) in [6.45, 7) is 5.79. The summed E-state index contributed by atoms with van der Waals surface area (Å²) in [6, 6.07) is 6.49. The number of aryl methyl sites for hydroxylation is 1. The lowest BCUT2D eigenvalue weighted by atomic mass is 10.2. The van der Waals surface area contributed by atoms with Crippen LogP contribution in [0.3, 0.4) is 0 Å². The highest BCUT2D eigenvalue weighted by molar-refractivity contribution is 14.0. The molecule has 24 heavy (non-hydrogen) atoms. The average molecular weight is 446 g/mol. The minimum atomic E-state index is -0.227. The van der Waals surface area contributed by atoms with Crippen molar-refractivity contribution in [2.45, 2.75) is 26.9 Å². The molecule has 6 nitrogen and oxygen atoms in total. The van der Waals surface area contributed by atoms with Crippen molar-refractivity contribution >= 4 is 29.9 Å². The van der Waals surface area contributed by atoms with Crippen molar-refractivity contribution in [3.63, 3.8) is 0 Å². The van der Waals surface area contributed by atoms with Gasteiger partial charge in [0.05, 0.1) is 0 Å². The first-order valence-electron chi connectivity index (χ1n) is 7.60. The van der Waals surface area contributed by atoms with Crippen LogP contribution in [0.4, 0.5) is 4.39 Å². The fourth-order valence-corrected chi connectivity index (χ4v) is 2.14. The molecule has 0 aliphatic carbocycles. The molecule has 2 rings (SSSR count). The Hall–Kier alpha value is -1.71. The van der Waals surface area contributed by atoms with E-state index in [1.165, 1.54) is 12.1 Å². The highest BCUT2D eigenvalue weighted by Crippen LogP contribution is 2.06. The maximum absolute atomic E-state index is 13.0. The molecule has 0 atom stereocenters. The predicted octanol–water partition coefficient (Wildman–Crippen LogP) is 2.48. The fraction of sp³-hybridized carbons (Fsp3) is 0.438. The van der Waals surface area contributed by atoms with Gasteiger partial charge in [-0.15, -0.1) is 34.2 Å². The third-order valence-corrected chi connectivity index (χ3v) is 3.58. The highest BCUT2D eigenvalue weighted by atomic mass is 127. The van der Waals surface area contributed by atoms with E-state index < -0.39 is 0 Å². The van der Waals surface area contributed by atoms with Gasteiger partial charge in [0.1, 0.15) is 18.2 Å². The summed E-state index contributed by atoms with van der Waals surface area (Å²) in [7, 11) is 3.88. The minimum absolute atomic E-state index is 0. The molecule has 0 aliphatic heterocycles. The second-order valence-electron chi connectivity index (χ2n) is 5.38. The van der Waals surface area contributed by atoms with E-state index in [2.05, 4.69) is 20.5 Å². The number of hydrogen-bond acceptors (Lipinski definition) is 3. The number of nitrogens with one attached hydrogen (secondary N) is 1. The molecule has 0 fully saturated rings. The maximum atomic E-state index is 13.0. The van der Waals surface area contributed by atoms with Crippen molar-refractivity contribution in [2.75, 3.05) is 13.6 Å². The Bertz CT molecular complexity index is 668. The van der Waals surface area contributed by atoms with Gasteiger partial charge in [-0.2, -0.15) is 0 Å². The van der Waals surface area contributed by atoms with Crippen LogP contribution in [0.5, 0.6) is 0 Å². The summed E-state index contributed by atoms with van der Waals surface area (Å²) < 4.78 is 14.9. The monoisotopic (exact) mass is 446 g/mol. The Morgan fingerprint density at radius 1 is 1.29 bits per heavy atom. The van der Waals surface area contributed by atoms with Gasteiger partial charge >= 0.3 is 0 Å². The number of aromatic nitrogens is 3. The normalized spacial score (nSPS) is 11.1. The second-order valence-corrected chi connectivity index (χ2v) is 5.38. The third-order valence-electron chi connectivity index (χ3n) is 3.58. The molecular weight excluding hydrogens is 422 g/mol. The summed E-state index contributed by atoms with van der Waals surface area (Å²) >= 11 is 0. The molecule has 1 heterocycles. The largest absolute Gasteiger partial charge is 0.357 e. The van der Waals surface area contributed by atoms with E-state index in [0.717, 1.165) is 29.7 Å². The van der Waals surface area contributed by atoms with E-state index in [1.54, 1.807) is 12.1 Å². The first kappa shape index (κ1) is 20.3. The molecule has 0 saturated heterocycles. The van der Waals surface area contributed by atoms with E-state index in [0.29, 0.717) is 13.1 Å². The zero-order valence-electron chi connectivity index (χ0n) is 14.5. The topological polar surface area (TPSA) is 58.3 Å². The highest BCUT2D eigenvalue weighted by Gasteiger charge is 2.09. The maximum Gasteiger partial charge on any atom is 0.194 e. The number of guanidine groups is 1. The molecule has 8 heteroatoms. The van der Waals surface area contributed by atoms with Crippen LogP contribution < -0.4 is 5.32 Å². The van der Waals surface area contributed by atoms with Crippen LogP contribution in [-0.4, -0.2) is 39.2 Å². The van der Waals surface area contributed by atoms with Crippen molar-refractivity contribution in [3.05, 3.63) is 47.3 Å². The van der Waals surface area contributed by atoms with Gasteiger partial charge in [0.15, 0.2) is 11.8 Å². The standard InChI is InChI=1S/C16H23FN6.HI/c1-5-18-16(19-10-15-21-20-12(2)23(15)4)22(3)11-13-6-8-14(17)9-7-13;/h6-9H,5,10-11H2,1-4H3,(H,18,19);1H. The zero-order valence-corrected chi connectivity index (χ0v) is 16.8. The van der Waals surface area contributed by atoms with Gasteiger partial charge in [0.2, 0.25) is 0 Å². The van der Waals surface area contributed by atoms with Crippen LogP contribution in [0.1, 0.15) is 24.1 Å². The van der Waals surface area contributed by atoms with Gasteiger partial charge in [-0.05, 0) is 31.5 Å². The quantitative estimate of drug-likeness (QED) is 0.436. The predicted molar refractivity (Wildman–Crippen MR) is 104 cm³/mol. The van der Waals surface area contributed by atoms with Crippen LogP contribution in [0.2, 0.25) is 0 Å². The molecule has 0 radical (unpaired) electrons. The minimum Gasteiger partial charge on any atom is -0.357 e. The Morgan fingerprint density at radius 3 is 2.50 bits per heavy atom. The lowest BCUT2D eigenvalue weighted by molar-refractivity contribution is 0.475. The summed E-state index contributed by atoms with van der Waals surface area (Å²) in [5.74, 6) is 2.22. The van der Waals surface area contributed by atoms with Crippen LogP contribution >= 0.6 is 24.0 Å². The fourth-order valence-electron chi connectivity index (χ4n) is 2.14. The molecule has 0 saturated carbocycles. The van der Waals surface area contributed by atoms with Crippen molar-refractivity contribution in [2.24, 2.45) is 12.0 Å². The van der Waals surface area contributed by atoms with Crippen molar-refractivity contribution in [1.29, 1.82) is 0 Å². The molecule has 2 aromatic rings. The Balaban J connectivity index is 0.00000288. The van der Waals surface area contributed by atoms with Gasteiger partial charge in [0.25, 0.3) is 0 Å². The van der Waals surface area contributed by atoms with Crippen LogP contribution in [-0.2, 0) is 20.1 Å². The molecule has 0 spiro atoms.